The highest BCUT2D eigenvalue weighted by molar-refractivity contribution is 5.44. The summed E-state index contributed by atoms with van der Waals surface area (Å²) in [6.07, 6.45) is 7.59. The second-order valence-corrected chi connectivity index (χ2v) is 4.95. The molecule has 0 amide bonds. The molecule has 0 spiro atoms. The second-order valence-electron chi connectivity index (χ2n) is 4.95. The summed E-state index contributed by atoms with van der Waals surface area (Å²) < 4.78 is 5.43. The molecule has 3 rings (SSSR count). The number of rotatable bonds is 3. The quantitative estimate of drug-likeness (QED) is 0.814. The zero-order valence-corrected chi connectivity index (χ0v) is 11.0. The van der Waals surface area contributed by atoms with Crippen molar-refractivity contribution in [3.05, 3.63) is 12.1 Å². The topological polar surface area (TPSA) is 92.5 Å². The van der Waals surface area contributed by atoms with Gasteiger partial charge in [0.05, 0.1) is 12.1 Å². The fourth-order valence-corrected chi connectivity index (χ4v) is 2.75. The third kappa shape index (κ3) is 2.51. The fraction of sp³-hybridized carbons (Fsp3) is 0.667. The van der Waals surface area contributed by atoms with Crippen molar-refractivity contribution in [1.82, 2.24) is 30.9 Å². The molecule has 0 radical (unpaired) electrons. The van der Waals surface area contributed by atoms with E-state index < -0.39 is 0 Å². The predicted octanol–water partition coefficient (Wildman–Crippen LogP) is 1.49. The van der Waals surface area contributed by atoms with Crippen LogP contribution in [0.5, 0.6) is 0 Å². The van der Waals surface area contributed by atoms with Crippen molar-refractivity contribution in [1.29, 1.82) is 0 Å². The summed E-state index contributed by atoms with van der Waals surface area (Å²) in [5.41, 5.74) is 0.615. The third-order valence-electron chi connectivity index (χ3n) is 3.79. The molecule has 2 heterocycles. The number of nitrogens with zero attached hydrogens (tertiary/aromatic N) is 4. The van der Waals surface area contributed by atoms with Gasteiger partial charge in [-0.15, -0.1) is 0 Å². The van der Waals surface area contributed by atoms with Gasteiger partial charge in [-0.25, -0.2) is 0 Å². The van der Waals surface area contributed by atoms with E-state index in [2.05, 4.69) is 30.9 Å². The lowest BCUT2D eigenvalue weighted by Crippen LogP contribution is -2.31. The Hall–Kier alpha value is -1.76. The van der Waals surface area contributed by atoms with Crippen molar-refractivity contribution in [3.8, 4) is 11.5 Å². The molecule has 2 atom stereocenters. The number of hydrogen-bond acceptors (Lipinski definition) is 6. The Morgan fingerprint density at radius 1 is 1.32 bits per heavy atom. The van der Waals surface area contributed by atoms with Crippen LogP contribution in [0.2, 0.25) is 0 Å². The van der Waals surface area contributed by atoms with E-state index >= 15 is 0 Å². The van der Waals surface area contributed by atoms with Gasteiger partial charge in [0.15, 0.2) is 5.69 Å². The van der Waals surface area contributed by atoms with E-state index in [0.29, 0.717) is 29.4 Å². The molecule has 7 nitrogen and oxygen atoms in total. The number of likely N-dealkylation sites (N-methyl/N-ethyl adjacent to an activating group) is 1. The SMILES string of the molecule is CNC1CCCCCC1c1nc(-c2cn[nH]n2)no1. The van der Waals surface area contributed by atoms with Crippen LogP contribution in [0.3, 0.4) is 0 Å². The van der Waals surface area contributed by atoms with Gasteiger partial charge in [0.2, 0.25) is 11.7 Å². The number of aromatic nitrogens is 5. The van der Waals surface area contributed by atoms with Crippen molar-refractivity contribution in [2.75, 3.05) is 7.05 Å². The van der Waals surface area contributed by atoms with Gasteiger partial charge in [0.1, 0.15) is 0 Å². The molecule has 0 aromatic carbocycles. The predicted molar refractivity (Wildman–Crippen MR) is 68.3 cm³/mol. The van der Waals surface area contributed by atoms with Crippen LogP contribution < -0.4 is 5.32 Å². The molecule has 7 heteroatoms. The molecule has 0 saturated heterocycles. The van der Waals surface area contributed by atoms with Crippen molar-refractivity contribution in [2.45, 2.75) is 44.1 Å². The smallest absolute Gasteiger partial charge is 0.231 e. The highest BCUT2D eigenvalue weighted by Gasteiger charge is 2.29. The minimum Gasteiger partial charge on any atom is -0.339 e. The highest BCUT2D eigenvalue weighted by Crippen LogP contribution is 2.31. The molecule has 102 valence electrons. The molecule has 1 fully saturated rings. The average Bonchev–Trinajstić information content (AvgIpc) is 3.05. The van der Waals surface area contributed by atoms with Crippen LogP contribution in [0, 0.1) is 0 Å². The molecule has 0 aliphatic heterocycles. The lowest BCUT2D eigenvalue weighted by atomic mass is 9.95. The molecule has 2 unspecified atom stereocenters. The maximum Gasteiger partial charge on any atom is 0.231 e. The summed E-state index contributed by atoms with van der Waals surface area (Å²) in [5, 5.41) is 17.6. The zero-order chi connectivity index (χ0) is 13.1. The molecular formula is C12H18N6O. The van der Waals surface area contributed by atoms with Crippen LogP contribution in [-0.4, -0.2) is 38.6 Å². The first-order valence-corrected chi connectivity index (χ1v) is 6.75. The fourth-order valence-electron chi connectivity index (χ4n) is 2.75. The summed E-state index contributed by atoms with van der Waals surface area (Å²) in [6.45, 7) is 0. The van der Waals surface area contributed by atoms with Crippen LogP contribution in [-0.2, 0) is 0 Å². The van der Waals surface area contributed by atoms with Crippen LogP contribution in [0.4, 0.5) is 0 Å². The number of nitrogens with one attached hydrogen (secondary N) is 2. The maximum atomic E-state index is 5.43. The van der Waals surface area contributed by atoms with Gasteiger partial charge >= 0.3 is 0 Å². The lowest BCUT2D eigenvalue weighted by molar-refractivity contribution is 0.311. The van der Waals surface area contributed by atoms with Gasteiger partial charge in [0, 0.05) is 6.04 Å². The van der Waals surface area contributed by atoms with Crippen LogP contribution >= 0.6 is 0 Å². The lowest BCUT2D eigenvalue weighted by Gasteiger charge is -2.20. The Labute approximate surface area is 111 Å². The molecule has 1 saturated carbocycles. The van der Waals surface area contributed by atoms with Crippen molar-refractivity contribution < 1.29 is 4.52 Å². The van der Waals surface area contributed by atoms with E-state index in [1.165, 1.54) is 19.3 Å². The normalized spacial score (nSPS) is 24.3. The summed E-state index contributed by atoms with van der Waals surface area (Å²) >= 11 is 0. The monoisotopic (exact) mass is 262 g/mol. The minimum absolute atomic E-state index is 0.292. The number of hydrogen-bond donors (Lipinski definition) is 2. The number of aromatic amines is 1. The van der Waals surface area contributed by atoms with E-state index in [9.17, 15) is 0 Å². The molecule has 2 aromatic heterocycles. The van der Waals surface area contributed by atoms with E-state index in [-0.39, 0.29) is 0 Å². The van der Waals surface area contributed by atoms with E-state index in [0.717, 1.165) is 12.8 Å². The summed E-state index contributed by atoms with van der Waals surface area (Å²) in [4.78, 5) is 4.48. The largest absolute Gasteiger partial charge is 0.339 e. The Kier molecular flexibility index (Phi) is 3.54. The van der Waals surface area contributed by atoms with Crippen LogP contribution in [0.25, 0.3) is 11.5 Å². The van der Waals surface area contributed by atoms with Crippen molar-refractivity contribution in [2.24, 2.45) is 0 Å². The standard InChI is InChI=1S/C12H18N6O/c1-13-9-6-4-2-3-5-8(9)12-15-11(17-19-12)10-7-14-18-16-10/h7-9,13H,2-6H2,1H3,(H,14,16,18). The Morgan fingerprint density at radius 3 is 3.00 bits per heavy atom. The van der Waals surface area contributed by atoms with Gasteiger partial charge in [0.25, 0.3) is 0 Å². The van der Waals surface area contributed by atoms with Gasteiger partial charge in [-0.3, -0.25) is 0 Å². The van der Waals surface area contributed by atoms with Crippen LogP contribution in [0.15, 0.2) is 10.7 Å². The van der Waals surface area contributed by atoms with Gasteiger partial charge in [-0.2, -0.15) is 20.4 Å². The zero-order valence-electron chi connectivity index (χ0n) is 11.0. The number of H-pyrrole nitrogens is 1. The first-order valence-electron chi connectivity index (χ1n) is 6.75. The molecule has 0 bridgehead atoms. The summed E-state index contributed by atoms with van der Waals surface area (Å²) in [6, 6.07) is 0.410. The molecule has 1 aliphatic carbocycles. The first kappa shape index (κ1) is 12.3. The Balaban J connectivity index is 1.84. The van der Waals surface area contributed by atoms with Gasteiger partial charge < -0.3 is 9.84 Å². The summed E-state index contributed by atoms with van der Waals surface area (Å²) in [5.74, 6) is 1.50. The molecular weight excluding hydrogens is 244 g/mol. The second kappa shape index (κ2) is 5.48. The van der Waals surface area contributed by atoms with E-state index in [4.69, 9.17) is 4.52 Å². The first-order chi connectivity index (χ1) is 9.38. The maximum absolute atomic E-state index is 5.43. The highest BCUT2D eigenvalue weighted by atomic mass is 16.5. The van der Waals surface area contributed by atoms with Crippen LogP contribution in [0.1, 0.15) is 43.9 Å². The molecule has 19 heavy (non-hydrogen) atoms. The Morgan fingerprint density at radius 2 is 2.21 bits per heavy atom. The molecule has 2 aromatic rings. The van der Waals surface area contributed by atoms with E-state index in [1.54, 1.807) is 6.20 Å². The van der Waals surface area contributed by atoms with Gasteiger partial charge in [-0.1, -0.05) is 24.4 Å². The van der Waals surface area contributed by atoms with Gasteiger partial charge in [-0.05, 0) is 19.9 Å². The average molecular weight is 262 g/mol. The van der Waals surface area contributed by atoms with E-state index in [1.807, 2.05) is 7.05 Å². The minimum atomic E-state index is 0.292. The Bertz CT molecular complexity index is 508. The summed E-state index contributed by atoms with van der Waals surface area (Å²) in [7, 11) is 2.00. The van der Waals surface area contributed by atoms with Crippen molar-refractivity contribution >= 4 is 0 Å². The third-order valence-corrected chi connectivity index (χ3v) is 3.79. The molecule has 2 N–H and O–H groups in total. The molecule has 1 aliphatic rings. The van der Waals surface area contributed by atoms with Crippen molar-refractivity contribution in [3.63, 3.8) is 0 Å².